The molecule has 1 N–H and O–H groups in total. The van der Waals surface area contributed by atoms with Crippen LogP contribution in [0.1, 0.15) is 28.9 Å². The van der Waals surface area contributed by atoms with Crippen LogP contribution in [-0.4, -0.2) is 42.0 Å². The second kappa shape index (κ2) is 7.37. The molecule has 27 heavy (non-hydrogen) atoms. The van der Waals surface area contributed by atoms with E-state index in [-0.39, 0.29) is 18.1 Å². The zero-order valence-electron chi connectivity index (χ0n) is 15.6. The van der Waals surface area contributed by atoms with Crippen LogP contribution in [0.4, 0.5) is 5.82 Å². The predicted molar refractivity (Wildman–Crippen MR) is 107 cm³/mol. The maximum atomic E-state index is 13.4. The molecule has 1 aliphatic rings. The summed E-state index contributed by atoms with van der Waals surface area (Å²) in [6.45, 7) is 3.13. The van der Waals surface area contributed by atoms with Crippen molar-refractivity contribution in [3.63, 3.8) is 0 Å². The van der Waals surface area contributed by atoms with Crippen molar-refractivity contribution >= 4 is 22.6 Å². The highest BCUT2D eigenvalue weighted by molar-refractivity contribution is 6.07. The lowest BCUT2D eigenvalue weighted by Gasteiger charge is -2.37. The smallest absolute Gasteiger partial charge is 0.254 e. The molecule has 1 fully saturated rings. The molecule has 138 valence electrons. The van der Waals surface area contributed by atoms with Gasteiger partial charge < -0.3 is 15.0 Å². The van der Waals surface area contributed by atoms with Gasteiger partial charge in [0.25, 0.3) is 5.91 Å². The topological polar surface area (TPSA) is 54.5 Å². The lowest BCUT2D eigenvalue weighted by atomic mass is 10.0. The first-order valence-corrected chi connectivity index (χ1v) is 9.23. The summed E-state index contributed by atoms with van der Waals surface area (Å²) >= 11 is 0. The highest BCUT2D eigenvalue weighted by Crippen LogP contribution is 2.28. The van der Waals surface area contributed by atoms with Gasteiger partial charge in [-0.2, -0.15) is 0 Å². The quantitative estimate of drug-likeness (QED) is 0.769. The molecule has 2 atom stereocenters. The number of amides is 1. The number of aromatic nitrogens is 1. The van der Waals surface area contributed by atoms with Gasteiger partial charge in [-0.3, -0.25) is 4.79 Å². The van der Waals surface area contributed by atoms with Crippen LogP contribution in [0.25, 0.3) is 10.9 Å². The molecular formula is C22H23N3O2. The fraction of sp³-hybridized carbons (Fsp3) is 0.273. The zero-order chi connectivity index (χ0) is 18.8. The Kier molecular flexibility index (Phi) is 4.77. The molecule has 0 aliphatic carbocycles. The Morgan fingerprint density at radius 2 is 1.85 bits per heavy atom. The van der Waals surface area contributed by atoms with Gasteiger partial charge in [-0.1, -0.05) is 48.5 Å². The van der Waals surface area contributed by atoms with Crippen LogP contribution < -0.4 is 5.32 Å². The number of para-hydroxylation sites is 1. The molecule has 3 aromatic rings. The first-order chi connectivity index (χ1) is 13.2. The van der Waals surface area contributed by atoms with Crippen LogP contribution in [0.3, 0.4) is 0 Å². The number of carbonyl (C=O) groups excluding carboxylic acids is 1. The number of anilines is 1. The van der Waals surface area contributed by atoms with E-state index in [9.17, 15) is 4.79 Å². The van der Waals surface area contributed by atoms with E-state index in [2.05, 4.69) is 10.3 Å². The maximum Gasteiger partial charge on any atom is 0.254 e. The first kappa shape index (κ1) is 17.5. The predicted octanol–water partition coefficient (Wildman–Crippen LogP) is 3.88. The average molecular weight is 361 g/mol. The van der Waals surface area contributed by atoms with Crippen molar-refractivity contribution in [2.45, 2.75) is 19.1 Å². The number of ether oxygens (including phenoxy) is 1. The van der Waals surface area contributed by atoms with Gasteiger partial charge >= 0.3 is 0 Å². The van der Waals surface area contributed by atoms with E-state index in [1.165, 1.54) is 0 Å². The monoisotopic (exact) mass is 361 g/mol. The lowest BCUT2D eigenvalue weighted by molar-refractivity contribution is -0.0691. The molecule has 1 amide bonds. The average Bonchev–Trinajstić information content (AvgIpc) is 2.72. The van der Waals surface area contributed by atoms with Crippen LogP contribution >= 0.6 is 0 Å². The number of nitrogens with one attached hydrogen (secondary N) is 1. The normalized spacial score (nSPS) is 19.9. The molecule has 5 heteroatoms. The van der Waals surface area contributed by atoms with E-state index in [0.717, 1.165) is 16.5 Å². The summed E-state index contributed by atoms with van der Waals surface area (Å²) in [4.78, 5) is 19.9. The van der Waals surface area contributed by atoms with E-state index in [1.807, 2.05) is 79.5 Å². The van der Waals surface area contributed by atoms with Gasteiger partial charge in [-0.25, -0.2) is 4.98 Å². The van der Waals surface area contributed by atoms with Crippen molar-refractivity contribution in [3.8, 4) is 0 Å². The fourth-order valence-corrected chi connectivity index (χ4v) is 3.62. The Bertz CT molecular complexity index is 958. The minimum Gasteiger partial charge on any atom is -0.373 e. The molecule has 0 unspecified atom stereocenters. The Balaban J connectivity index is 1.69. The number of benzene rings is 2. The number of rotatable bonds is 3. The number of nitrogens with zero attached hydrogens (tertiary/aromatic N) is 2. The van der Waals surface area contributed by atoms with Gasteiger partial charge in [0.2, 0.25) is 0 Å². The van der Waals surface area contributed by atoms with Crippen molar-refractivity contribution in [2.75, 3.05) is 25.5 Å². The van der Waals surface area contributed by atoms with Crippen LogP contribution in [0.15, 0.2) is 60.7 Å². The van der Waals surface area contributed by atoms with E-state index >= 15 is 0 Å². The summed E-state index contributed by atoms with van der Waals surface area (Å²) in [7, 11) is 1.81. The number of fused-ring (bicyclic) bond motifs is 1. The van der Waals surface area contributed by atoms with Crippen LogP contribution in [-0.2, 0) is 4.74 Å². The minimum absolute atomic E-state index is 0.0150. The summed E-state index contributed by atoms with van der Waals surface area (Å²) in [5, 5.41) is 3.93. The molecule has 0 saturated carbocycles. The standard InChI is InChI=1S/C22H23N3O2/c1-15-13-25(14-20(27-15)16-8-4-3-5-9-16)22(26)18-12-21(23-2)24-19-11-7-6-10-17(18)19/h3-12,15,20H,13-14H2,1-2H3,(H,23,24)/t15-,20-/m0/s1. The zero-order valence-corrected chi connectivity index (χ0v) is 15.6. The third-order valence-electron chi connectivity index (χ3n) is 4.92. The SMILES string of the molecule is CNc1cc(C(=O)N2C[C@@H](c3ccccc3)O[C@@H](C)C2)c2ccccc2n1. The summed E-state index contributed by atoms with van der Waals surface area (Å²) < 4.78 is 6.10. The molecule has 5 nitrogen and oxygen atoms in total. The van der Waals surface area contributed by atoms with Gasteiger partial charge in [0.1, 0.15) is 11.9 Å². The number of hydrogen-bond donors (Lipinski definition) is 1. The van der Waals surface area contributed by atoms with Crippen molar-refractivity contribution < 1.29 is 9.53 Å². The summed E-state index contributed by atoms with van der Waals surface area (Å²) in [6.07, 6.45) is -0.138. The molecule has 1 aliphatic heterocycles. The lowest BCUT2D eigenvalue weighted by Crippen LogP contribution is -2.46. The van der Waals surface area contributed by atoms with Crippen molar-refractivity contribution in [1.29, 1.82) is 0 Å². The second-order valence-electron chi connectivity index (χ2n) is 6.88. The highest BCUT2D eigenvalue weighted by atomic mass is 16.5. The van der Waals surface area contributed by atoms with Crippen molar-refractivity contribution in [1.82, 2.24) is 9.88 Å². The largest absolute Gasteiger partial charge is 0.373 e. The highest BCUT2D eigenvalue weighted by Gasteiger charge is 2.30. The van der Waals surface area contributed by atoms with Crippen molar-refractivity contribution in [2.24, 2.45) is 0 Å². The third kappa shape index (κ3) is 3.51. The second-order valence-corrected chi connectivity index (χ2v) is 6.88. The number of hydrogen-bond acceptors (Lipinski definition) is 4. The van der Waals surface area contributed by atoms with E-state index in [1.54, 1.807) is 0 Å². The van der Waals surface area contributed by atoms with Crippen LogP contribution in [0.2, 0.25) is 0 Å². The van der Waals surface area contributed by atoms with E-state index in [4.69, 9.17) is 4.74 Å². The molecule has 0 spiro atoms. The maximum absolute atomic E-state index is 13.4. The van der Waals surface area contributed by atoms with E-state index < -0.39 is 0 Å². The van der Waals surface area contributed by atoms with Crippen LogP contribution in [0.5, 0.6) is 0 Å². The third-order valence-corrected chi connectivity index (χ3v) is 4.92. The molecule has 2 heterocycles. The number of pyridine rings is 1. The van der Waals surface area contributed by atoms with Gasteiger partial charge in [-0.05, 0) is 24.6 Å². The van der Waals surface area contributed by atoms with Crippen LogP contribution in [0, 0.1) is 0 Å². The molecule has 2 aromatic carbocycles. The Hall–Kier alpha value is -2.92. The first-order valence-electron chi connectivity index (χ1n) is 9.23. The van der Waals surface area contributed by atoms with Gasteiger partial charge in [-0.15, -0.1) is 0 Å². The molecule has 0 radical (unpaired) electrons. The Morgan fingerprint density at radius 3 is 2.63 bits per heavy atom. The fourth-order valence-electron chi connectivity index (χ4n) is 3.62. The molecule has 4 rings (SSSR count). The summed E-state index contributed by atoms with van der Waals surface area (Å²) in [6, 6.07) is 19.7. The summed E-state index contributed by atoms with van der Waals surface area (Å²) in [5.41, 5.74) is 2.58. The Labute approximate surface area is 159 Å². The van der Waals surface area contributed by atoms with Gasteiger partial charge in [0, 0.05) is 19.0 Å². The number of carbonyl (C=O) groups is 1. The molecule has 0 bridgehead atoms. The van der Waals surface area contributed by atoms with Gasteiger partial charge in [0.05, 0.1) is 23.7 Å². The molecular weight excluding hydrogens is 338 g/mol. The summed E-state index contributed by atoms with van der Waals surface area (Å²) in [5.74, 6) is 0.708. The Morgan fingerprint density at radius 1 is 1.11 bits per heavy atom. The van der Waals surface area contributed by atoms with Crippen molar-refractivity contribution in [3.05, 3.63) is 71.8 Å². The molecule has 1 saturated heterocycles. The number of morpholine rings is 1. The minimum atomic E-state index is -0.115. The molecule has 1 aromatic heterocycles. The van der Waals surface area contributed by atoms with Gasteiger partial charge in [0.15, 0.2) is 0 Å². The van der Waals surface area contributed by atoms with E-state index in [0.29, 0.717) is 24.5 Å².